The molecule has 1 atom stereocenters. The lowest BCUT2D eigenvalue weighted by Crippen LogP contribution is -2.41. The fraction of sp³-hybridized carbons (Fsp3) is 0.233. The van der Waals surface area contributed by atoms with E-state index in [1.807, 2.05) is 83.4 Å². The zero-order valence-corrected chi connectivity index (χ0v) is 22.6. The molecule has 3 heterocycles. The quantitative estimate of drug-likeness (QED) is 0.284. The van der Waals surface area contributed by atoms with Crippen LogP contribution < -0.4 is 10.6 Å². The van der Waals surface area contributed by atoms with E-state index < -0.39 is 5.54 Å². The number of pyridine rings is 1. The van der Waals surface area contributed by atoms with Gasteiger partial charge < -0.3 is 15.6 Å². The van der Waals surface area contributed by atoms with Crippen molar-refractivity contribution in [2.75, 3.05) is 0 Å². The van der Waals surface area contributed by atoms with Crippen LogP contribution in [0.5, 0.6) is 0 Å². The Bertz CT molecular complexity index is 1670. The van der Waals surface area contributed by atoms with Gasteiger partial charge in [0.05, 0.1) is 29.0 Å². The number of benzene rings is 2. The number of rotatable bonds is 7. The molecule has 0 fully saturated rings. The lowest BCUT2D eigenvalue weighted by atomic mass is 9.91. The average Bonchev–Trinajstić information content (AvgIpc) is 3.60. The molecule has 3 aromatic heterocycles. The minimum Gasteiger partial charge on any atom is -0.345 e. The molecule has 9 heteroatoms. The number of nitrogens with one attached hydrogen (secondary N) is 3. The molecule has 198 valence electrons. The standard InChI is InChI=1S/C30H31N7O2/c1-18-14-21(30(3,4)36-29(39)27-31-12-13-32-27)10-11-22(18)28(38)34-19(2)24-15-26(20-16-33-37(5)17-20)35-25-9-7-6-8-23(24)25/h6-17,19H,1-5H3,(H,31,32)(H,34,38)(H,36,39)/t19-/m1/s1. The summed E-state index contributed by atoms with van der Waals surface area (Å²) in [5.74, 6) is -0.221. The fourth-order valence-corrected chi connectivity index (χ4v) is 4.73. The topological polar surface area (TPSA) is 118 Å². The van der Waals surface area contributed by atoms with E-state index >= 15 is 0 Å². The Labute approximate surface area is 226 Å². The summed E-state index contributed by atoms with van der Waals surface area (Å²) in [6.07, 6.45) is 6.85. The highest BCUT2D eigenvalue weighted by atomic mass is 16.2. The maximum Gasteiger partial charge on any atom is 0.287 e. The van der Waals surface area contributed by atoms with Gasteiger partial charge in [0.15, 0.2) is 5.82 Å². The van der Waals surface area contributed by atoms with Gasteiger partial charge in [-0.15, -0.1) is 0 Å². The van der Waals surface area contributed by atoms with Crippen molar-refractivity contribution in [1.29, 1.82) is 0 Å². The molecule has 5 aromatic rings. The number of para-hydroxylation sites is 1. The molecule has 0 bridgehead atoms. The second-order valence-electron chi connectivity index (χ2n) is 10.3. The van der Waals surface area contributed by atoms with E-state index in [9.17, 15) is 9.59 Å². The van der Waals surface area contributed by atoms with Crippen molar-refractivity contribution in [2.24, 2.45) is 7.05 Å². The summed E-state index contributed by atoms with van der Waals surface area (Å²) in [4.78, 5) is 37.6. The number of amides is 2. The Hall–Kier alpha value is -4.79. The first kappa shape index (κ1) is 25.8. The Morgan fingerprint density at radius 1 is 1.08 bits per heavy atom. The first-order chi connectivity index (χ1) is 18.6. The molecule has 0 saturated heterocycles. The van der Waals surface area contributed by atoms with Crippen LogP contribution in [0.25, 0.3) is 22.2 Å². The molecule has 0 radical (unpaired) electrons. The van der Waals surface area contributed by atoms with Crippen molar-refractivity contribution in [3.63, 3.8) is 0 Å². The Kier molecular flexibility index (Phi) is 6.74. The molecular formula is C30H31N7O2. The highest BCUT2D eigenvalue weighted by Gasteiger charge is 2.26. The summed E-state index contributed by atoms with van der Waals surface area (Å²) in [6, 6.07) is 15.3. The number of H-pyrrole nitrogens is 1. The van der Waals surface area contributed by atoms with Crippen molar-refractivity contribution in [3.05, 3.63) is 101 Å². The SMILES string of the molecule is Cc1cc(C(C)(C)NC(=O)c2ncc[nH]2)ccc1C(=O)N[C@H](C)c1cc(-c2cnn(C)c2)nc2ccccc12. The van der Waals surface area contributed by atoms with Crippen molar-refractivity contribution in [2.45, 2.75) is 39.3 Å². The number of carbonyl (C=O) groups is 2. The van der Waals surface area contributed by atoms with E-state index in [0.717, 1.165) is 38.9 Å². The average molecular weight is 522 g/mol. The van der Waals surface area contributed by atoms with Gasteiger partial charge in [0.1, 0.15) is 0 Å². The first-order valence-corrected chi connectivity index (χ1v) is 12.7. The van der Waals surface area contributed by atoms with E-state index in [-0.39, 0.29) is 23.7 Å². The molecule has 3 N–H and O–H groups in total. The summed E-state index contributed by atoms with van der Waals surface area (Å²) in [7, 11) is 1.87. The number of aryl methyl sites for hydroxylation is 2. The van der Waals surface area contributed by atoms with Crippen LogP contribution in [0.3, 0.4) is 0 Å². The van der Waals surface area contributed by atoms with Crippen LogP contribution in [0.4, 0.5) is 0 Å². The molecule has 0 aliphatic carbocycles. The summed E-state index contributed by atoms with van der Waals surface area (Å²) in [5.41, 5.74) is 5.14. The Morgan fingerprint density at radius 3 is 2.56 bits per heavy atom. The number of nitrogens with zero attached hydrogens (tertiary/aromatic N) is 4. The van der Waals surface area contributed by atoms with Gasteiger partial charge in [-0.25, -0.2) is 9.97 Å². The third-order valence-electron chi connectivity index (χ3n) is 6.89. The number of aromatic amines is 1. The minimum absolute atomic E-state index is 0.173. The van der Waals surface area contributed by atoms with Crippen LogP contribution in [-0.2, 0) is 12.6 Å². The van der Waals surface area contributed by atoms with Crippen LogP contribution in [0.2, 0.25) is 0 Å². The van der Waals surface area contributed by atoms with Gasteiger partial charge in [-0.1, -0.05) is 30.3 Å². The van der Waals surface area contributed by atoms with Crippen LogP contribution in [0.15, 0.2) is 73.3 Å². The Balaban J connectivity index is 1.38. The van der Waals surface area contributed by atoms with Gasteiger partial charge in [-0.3, -0.25) is 14.3 Å². The third-order valence-corrected chi connectivity index (χ3v) is 6.89. The van der Waals surface area contributed by atoms with Crippen molar-refractivity contribution >= 4 is 22.7 Å². The van der Waals surface area contributed by atoms with Gasteiger partial charge >= 0.3 is 0 Å². The molecule has 0 spiro atoms. The summed E-state index contributed by atoms with van der Waals surface area (Å²) >= 11 is 0. The van der Waals surface area contributed by atoms with Crippen molar-refractivity contribution in [3.8, 4) is 11.3 Å². The normalized spacial score (nSPS) is 12.3. The maximum atomic E-state index is 13.4. The largest absolute Gasteiger partial charge is 0.345 e. The van der Waals surface area contributed by atoms with Gasteiger partial charge in [0.25, 0.3) is 11.8 Å². The third kappa shape index (κ3) is 5.29. The fourth-order valence-electron chi connectivity index (χ4n) is 4.73. The molecule has 2 aromatic carbocycles. The van der Waals surface area contributed by atoms with Crippen LogP contribution in [0, 0.1) is 6.92 Å². The van der Waals surface area contributed by atoms with Gasteiger partial charge in [0.2, 0.25) is 0 Å². The first-order valence-electron chi connectivity index (χ1n) is 12.7. The van der Waals surface area contributed by atoms with Crippen LogP contribution in [0.1, 0.15) is 64.5 Å². The molecule has 2 amide bonds. The Morgan fingerprint density at radius 2 is 1.87 bits per heavy atom. The molecule has 0 saturated carbocycles. The van der Waals surface area contributed by atoms with Crippen LogP contribution >= 0.6 is 0 Å². The molecule has 5 rings (SSSR count). The van der Waals surface area contributed by atoms with E-state index in [1.54, 1.807) is 23.1 Å². The number of imidazole rings is 1. The highest BCUT2D eigenvalue weighted by Crippen LogP contribution is 2.29. The molecular weight excluding hydrogens is 490 g/mol. The zero-order chi connectivity index (χ0) is 27.7. The predicted molar refractivity (Wildman–Crippen MR) is 150 cm³/mol. The lowest BCUT2D eigenvalue weighted by molar-refractivity contribution is 0.0899. The summed E-state index contributed by atoms with van der Waals surface area (Å²) in [6.45, 7) is 7.71. The number of hydrogen-bond acceptors (Lipinski definition) is 5. The molecule has 0 aliphatic heterocycles. The molecule has 39 heavy (non-hydrogen) atoms. The predicted octanol–water partition coefficient (Wildman–Crippen LogP) is 4.82. The second kappa shape index (κ2) is 10.2. The van der Waals surface area contributed by atoms with E-state index in [1.165, 1.54) is 6.20 Å². The summed E-state index contributed by atoms with van der Waals surface area (Å²) < 4.78 is 1.74. The van der Waals surface area contributed by atoms with E-state index in [4.69, 9.17) is 4.98 Å². The van der Waals surface area contributed by atoms with Crippen molar-refractivity contribution in [1.82, 2.24) is 35.4 Å². The number of hydrogen-bond donors (Lipinski definition) is 3. The molecule has 0 unspecified atom stereocenters. The zero-order valence-electron chi connectivity index (χ0n) is 22.6. The maximum absolute atomic E-state index is 13.4. The van der Waals surface area contributed by atoms with Gasteiger partial charge in [-0.2, -0.15) is 5.10 Å². The van der Waals surface area contributed by atoms with E-state index in [2.05, 4.69) is 25.7 Å². The summed E-state index contributed by atoms with van der Waals surface area (Å²) in [5, 5.41) is 11.4. The smallest absolute Gasteiger partial charge is 0.287 e. The number of aromatic nitrogens is 5. The van der Waals surface area contributed by atoms with Gasteiger partial charge in [0, 0.05) is 42.2 Å². The monoisotopic (exact) mass is 521 g/mol. The second-order valence-corrected chi connectivity index (χ2v) is 10.3. The minimum atomic E-state index is -0.671. The number of carbonyl (C=O) groups excluding carboxylic acids is 2. The van der Waals surface area contributed by atoms with E-state index in [0.29, 0.717) is 5.56 Å². The molecule has 0 aliphatic rings. The van der Waals surface area contributed by atoms with Crippen molar-refractivity contribution < 1.29 is 9.59 Å². The lowest BCUT2D eigenvalue weighted by Gasteiger charge is -2.27. The highest BCUT2D eigenvalue weighted by molar-refractivity contribution is 5.96. The molecule has 9 nitrogen and oxygen atoms in total. The number of fused-ring (bicyclic) bond motifs is 1. The van der Waals surface area contributed by atoms with Gasteiger partial charge in [-0.05, 0) is 62.6 Å². The van der Waals surface area contributed by atoms with Crippen LogP contribution in [-0.4, -0.2) is 36.5 Å².